The first-order valence-electron chi connectivity index (χ1n) is 14.4. The van der Waals surface area contributed by atoms with Crippen LogP contribution in [0, 0.1) is 0 Å². The van der Waals surface area contributed by atoms with Crippen LogP contribution < -0.4 is 32.1 Å². The lowest BCUT2D eigenvalue weighted by molar-refractivity contribution is 0.0511. The number of carbonyl (C=O) groups is 2. The molecule has 0 saturated carbocycles. The SMILES string of the molecule is C/C(=C\CN=C(NNC(=O)OC(C)(C)C)NNC(=O)OC(C)(C)C)CO[Si](c1ccccc1)(c1ccccc1)C(C)(C)C. The molecule has 0 aromatic heterocycles. The van der Waals surface area contributed by atoms with E-state index in [1.54, 1.807) is 41.5 Å². The van der Waals surface area contributed by atoms with Crippen LogP contribution in [-0.2, 0) is 13.9 Å². The van der Waals surface area contributed by atoms with Crippen LogP contribution in [0.3, 0.4) is 0 Å². The zero-order chi connectivity index (χ0) is 32.3. The Hall–Kier alpha value is -3.83. The van der Waals surface area contributed by atoms with Crippen LogP contribution in [0.4, 0.5) is 9.59 Å². The number of nitrogens with zero attached hydrogens (tertiary/aromatic N) is 1. The Morgan fingerprint density at radius 1 is 0.721 bits per heavy atom. The zero-order valence-corrected chi connectivity index (χ0v) is 28.3. The minimum Gasteiger partial charge on any atom is -0.443 e. The summed E-state index contributed by atoms with van der Waals surface area (Å²) >= 11 is 0. The van der Waals surface area contributed by atoms with Crippen molar-refractivity contribution in [3.05, 3.63) is 72.3 Å². The molecule has 2 amide bonds. The molecule has 0 saturated heterocycles. The Labute approximate surface area is 257 Å². The third kappa shape index (κ3) is 11.8. The lowest BCUT2D eigenvalue weighted by Gasteiger charge is -2.43. The van der Waals surface area contributed by atoms with E-state index in [1.807, 2.05) is 25.1 Å². The monoisotopic (exact) mass is 611 g/mol. The molecular weight excluding hydrogens is 562 g/mol. The molecule has 0 heterocycles. The van der Waals surface area contributed by atoms with E-state index in [1.165, 1.54) is 10.4 Å². The molecule has 0 aliphatic carbocycles. The normalized spacial score (nSPS) is 12.6. The summed E-state index contributed by atoms with van der Waals surface area (Å²) in [4.78, 5) is 28.7. The molecule has 4 N–H and O–H groups in total. The molecule has 2 aromatic rings. The fraction of sp³-hybridized carbons (Fsp3) is 0.469. The van der Waals surface area contributed by atoms with Crippen LogP contribution in [0.1, 0.15) is 69.2 Å². The van der Waals surface area contributed by atoms with Crippen molar-refractivity contribution >= 4 is 36.8 Å². The predicted molar refractivity (Wildman–Crippen MR) is 175 cm³/mol. The number of guanidine groups is 1. The first-order chi connectivity index (χ1) is 19.9. The average Bonchev–Trinajstić information content (AvgIpc) is 2.88. The van der Waals surface area contributed by atoms with Gasteiger partial charge < -0.3 is 13.9 Å². The van der Waals surface area contributed by atoms with Crippen molar-refractivity contribution in [1.29, 1.82) is 0 Å². The van der Waals surface area contributed by atoms with Crippen molar-refractivity contribution in [2.24, 2.45) is 4.99 Å². The highest BCUT2D eigenvalue weighted by Gasteiger charge is 2.50. The Morgan fingerprint density at radius 3 is 1.51 bits per heavy atom. The number of aliphatic imine (C=N–C) groups is 1. The van der Waals surface area contributed by atoms with E-state index in [9.17, 15) is 9.59 Å². The number of hydrazine groups is 2. The van der Waals surface area contributed by atoms with Gasteiger partial charge in [0.25, 0.3) is 8.32 Å². The molecule has 0 bridgehead atoms. The highest BCUT2D eigenvalue weighted by Crippen LogP contribution is 2.37. The van der Waals surface area contributed by atoms with Gasteiger partial charge >= 0.3 is 12.2 Å². The highest BCUT2D eigenvalue weighted by molar-refractivity contribution is 6.99. The maximum Gasteiger partial charge on any atom is 0.426 e. The van der Waals surface area contributed by atoms with Crippen LogP contribution in [0.25, 0.3) is 0 Å². The standard InChI is InChI=1S/C32H49N5O5Si/c1-24(23-40-43(32(8,9)10,25-17-13-11-14-18-25)26-19-15-12-16-20-26)21-22-33-27(34-36-28(38)41-30(2,3)4)35-37-29(39)42-31(5,6)7/h11-21H,22-23H2,1-10H3,(H,36,38)(H,37,39)(H2,33,34,35)/b24-21+. The van der Waals surface area contributed by atoms with Crippen molar-refractivity contribution in [2.75, 3.05) is 13.2 Å². The molecule has 236 valence electrons. The van der Waals surface area contributed by atoms with E-state index in [0.717, 1.165) is 5.57 Å². The van der Waals surface area contributed by atoms with Gasteiger partial charge in [0, 0.05) is 0 Å². The van der Waals surface area contributed by atoms with Gasteiger partial charge in [0.15, 0.2) is 0 Å². The molecule has 10 nitrogen and oxygen atoms in total. The summed E-state index contributed by atoms with van der Waals surface area (Å²) in [6.45, 7) is 19.9. The van der Waals surface area contributed by atoms with Crippen molar-refractivity contribution in [2.45, 2.75) is 85.5 Å². The Bertz CT molecular complexity index is 1170. The smallest absolute Gasteiger partial charge is 0.426 e. The molecular formula is C32H49N5O5Si. The third-order valence-corrected chi connectivity index (χ3v) is 11.0. The summed E-state index contributed by atoms with van der Waals surface area (Å²) in [7, 11) is -2.69. The largest absolute Gasteiger partial charge is 0.443 e. The third-order valence-electron chi connectivity index (χ3n) is 5.99. The van der Waals surface area contributed by atoms with Crippen LogP contribution in [-0.4, -0.2) is 50.8 Å². The second-order valence-electron chi connectivity index (χ2n) is 13.2. The minimum absolute atomic E-state index is 0.0775. The van der Waals surface area contributed by atoms with Crippen LogP contribution in [0.2, 0.25) is 5.04 Å². The van der Waals surface area contributed by atoms with Gasteiger partial charge in [-0.1, -0.05) is 93.1 Å². The molecule has 0 atom stereocenters. The number of rotatable bonds is 7. The number of nitrogens with one attached hydrogen (secondary N) is 4. The van der Waals surface area contributed by atoms with Gasteiger partial charge in [-0.05, 0) is 63.9 Å². The fourth-order valence-electron chi connectivity index (χ4n) is 4.27. The Morgan fingerprint density at radius 2 is 1.14 bits per heavy atom. The molecule has 0 radical (unpaired) electrons. The van der Waals surface area contributed by atoms with Crippen molar-refractivity contribution < 1.29 is 23.5 Å². The molecule has 0 aliphatic rings. The summed E-state index contributed by atoms with van der Waals surface area (Å²) in [5, 5.41) is 2.27. The fourth-order valence-corrected chi connectivity index (χ4v) is 8.87. The lowest BCUT2D eigenvalue weighted by Crippen LogP contribution is -2.66. The molecule has 0 spiro atoms. The Balaban J connectivity index is 2.23. The number of hydrogen-bond acceptors (Lipinski definition) is 6. The molecule has 2 rings (SSSR count). The Kier molecular flexibility index (Phi) is 12.4. The van der Waals surface area contributed by atoms with Gasteiger partial charge in [-0.2, -0.15) is 0 Å². The van der Waals surface area contributed by atoms with E-state index >= 15 is 0 Å². The minimum atomic E-state index is -2.69. The van der Waals surface area contributed by atoms with Gasteiger partial charge in [-0.25, -0.2) is 25.4 Å². The van der Waals surface area contributed by atoms with Crippen molar-refractivity contribution in [1.82, 2.24) is 21.7 Å². The predicted octanol–water partition coefficient (Wildman–Crippen LogP) is 4.92. The van der Waals surface area contributed by atoms with Crippen molar-refractivity contribution in [3.8, 4) is 0 Å². The van der Waals surface area contributed by atoms with E-state index in [4.69, 9.17) is 13.9 Å². The molecule has 43 heavy (non-hydrogen) atoms. The first-order valence-corrected chi connectivity index (χ1v) is 16.3. The van der Waals surface area contributed by atoms with Gasteiger partial charge in [0.2, 0.25) is 5.96 Å². The average molecular weight is 612 g/mol. The van der Waals surface area contributed by atoms with Gasteiger partial charge in [-0.15, -0.1) is 0 Å². The summed E-state index contributed by atoms with van der Waals surface area (Å²) in [6.07, 6.45) is 0.525. The number of hydrogen-bond donors (Lipinski definition) is 4. The van der Waals surface area contributed by atoms with E-state index < -0.39 is 31.7 Å². The summed E-state index contributed by atoms with van der Waals surface area (Å²) in [5.74, 6) is 0.0775. The zero-order valence-electron chi connectivity index (χ0n) is 27.3. The summed E-state index contributed by atoms with van der Waals surface area (Å²) in [5.41, 5.74) is 9.72. The summed E-state index contributed by atoms with van der Waals surface area (Å²) < 4.78 is 17.5. The maximum atomic E-state index is 12.1. The summed E-state index contributed by atoms with van der Waals surface area (Å²) in [6, 6.07) is 20.9. The lowest BCUT2D eigenvalue weighted by atomic mass is 10.2. The molecule has 0 aliphatic heterocycles. The second-order valence-corrected chi connectivity index (χ2v) is 17.5. The number of ether oxygens (including phenoxy) is 2. The number of amides is 2. The highest BCUT2D eigenvalue weighted by atomic mass is 28.4. The quantitative estimate of drug-likeness (QED) is 0.115. The van der Waals surface area contributed by atoms with Crippen molar-refractivity contribution in [3.63, 3.8) is 0 Å². The van der Waals surface area contributed by atoms with Crippen LogP contribution in [0.5, 0.6) is 0 Å². The van der Waals surface area contributed by atoms with Crippen LogP contribution >= 0.6 is 0 Å². The number of carbonyl (C=O) groups excluding carboxylic acids is 2. The van der Waals surface area contributed by atoms with Gasteiger partial charge in [0.05, 0.1) is 13.2 Å². The second kappa shape index (κ2) is 15.1. The van der Waals surface area contributed by atoms with E-state index in [-0.39, 0.29) is 17.5 Å². The number of benzene rings is 2. The topological polar surface area (TPSA) is 122 Å². The maximum absolute atomic E-state index is 12.1. The van der Waals surface area contributed by atoms with E-state index in [0.29, 0.717) is 6.61 Å². The van der Waals surface area contributed by atoms with Crippen LogP contribution in [0.15, 0.2) is 77.3 Å². The molecule has 11 heteroatoms. The molecule has 0 fully saturated rings. The van der Waals surface area contributed by atoms with Gasteiger partial charge in [-0.3, -0.25) is 10.9 Å². The first kappa shape index (κ1) is 35.4. The molecule has 2 aromatic carbocycles. The molecule has 0 unspecified atom stereocenters. The van der Waals surface area contributed by atoms with E-state index in [2.05, 4.69) is 96.0 Å². The van der Waals surface area contributed by atoms with Gasteiger partial charge in [0.1, 0.15) is 11.2 Å².